The first-order valence-electron chi connectivity index (χ1n) is 6.12. The third kappa shape index (κ3) is 3.09. The van der Waals surface area contributed by atoms with Gasteiger partial charge in [-0.25, -0.2) is 9.59 Å². The predicted octanol–water partition coefficient (Wildman–Crippen LogP) is 1.11. The van der Waals surface area contributed by atoms with Gasteiger partial charge in [-0.3, -0.25) is 5.32 Å². The highest BCUT2D eigenvalue weighted by Gasteiger charge is 2.39. The Morgan fingerprint density at radius 2 is 2.35 bits per heavy atom. The van der Waals surface area contributed by atoms with Crippen LogP contribution in [0.1, 0.15) is 23.7 Å². The van der Waals surface area contributed by atoms with Crippen molar-refractivity contribution in [3.05, 3.63) is 17.0 Å². The van der Waals surface area contributed by atoms with Crippen molar-refractivity contribution in [1.82, 2.24) is 5.32 Å². The standard InChI is InChI=1S/C12H16N2O5S/c1-7-12(18,3-4-19-7)6-13-11(17)14-9-8(10(15)16)2-5-20-9/h2,5,7,18H,3-4,6H2,1H3,(H,15,16)(H2,13,14,17). The average molecular weight is 300 g/mol. The van der Waals surface area contributed by atoms with E-state index < -0.39 is 17.6 Å². The number of aliphatic hydroxyl groups is 1. The summed E-state index contributed by atoms with van der Waals surface area (Å²) in [7, 11) is 0. The topological polar surface area (TPSA) is 108 Å². The molecule has 1 fully saturated rings. The molecule has 2 heterocycles. The number of carbonyl (C=O) groups is 2. The van der Waals surface area contributed by atoms with Gasteiger partial charge in [0.25, 0.3) is 0 Å². The molecule has 0 aliphatic carbocycles. The van der Waals surface area contributed by atoms with Gasteiger partial charge in [-0.2, -0.15) is 0 Å². The van der Waals surface area contributed by atoms with Gasteiger partial charge in [0.2, 0.25) is 0 Å². The Kier molecular flexibility index (Phi) is 4.26. The second kappa shape index (κ2) is 5.78. The second-order valence-corrected chi connectivity index (χ2v) is 5.56. The van der Waals surface area contributed by atoms with Crippen molar-refractivity contribution in [2.75, 3.05) is 18.5 Å². The van der Waals surface area contributed by atoms with Gasteiger partial charge in [0.15, 0.2) is 0 Å². The zero-order valence-electron chi connectivity index (χ0n) is 10.9. The fourth-order valence-electron chi connectivity index (χ4n) is 1.96. The van der Waals surface area contributed by atoms with Crippen LogP contribution in [0.3, 0.4) is 0 Å². The molecule has 0 saturated carbocycles. The summed E-state index contributed by atoms with van der Waals surface area (Å²) < 4.78 is 5.26. The minimum absolute atomic E-state index is 0.0430. The lowest BCUT2D eigenvalue weighted by Crippen LogP contribution is -2.48. The molecule has 0 aromatic carbocycles. The molecule has 4 N–H and O–H groups in total. The zero-order chi connectivity index (χ0) is 14.8. The fraction of sp³-hybridized carbons (Fsp3) is 0.500. The monoisotopic (exact) mass is 300 g/mol. The van der Waals surface area contributed by atoms with Gasteiger partial charge in [-0.05, 0) is 18.4 Å². The first-order valence-corrected chi connectivity index (χ1v) is 7.00. The van der Waals surface area contributed by atoms with Gasteiger partial charge < -0.3 is 20.3 Å². The number of hydrogen-bond acceptors (Lipinski definition) is 5. The average Bonchev–Trinajstić information content (AvgIpc) is 2.96. The molecule has 2 atom stereocenters. The number of hydrogen-bond donors (Lipinski definition) is 4. The minimum atomic E-state index is -1.10. The van der Waals surface area contributed by atoms with Gasteiger partial charge >= 0.3 is 12.0 Å². The molecule has 1 aliphatic rings. The molecule has 0 bridgehead atoms. The summed E-state index contributed by atoms with van der Waals surface area (Å²) in [5, 5.41) is 26.0. The molecule has 1 saturated heterocycles. The lowest BCUT2D eigenvalue weighted by Gasteiger charge is -2.26. The Hall–Kier alpha value is -1.64. The number of rotatable bonds is 4. The van der Waals surface area contributed by atoms with E-state index in [9.17, 15) is 14.7 Å². The number of ether oxygens (including phenoxy) is 1. The molecule has 2 rings (SSSR count). The molecule has 1 aliphatic heterocycles. The Morgan fingerprint density at radius 1 is 1.60 bits per heavy atom. The maximum atomic E-state index is 11.7. The molecular formula is C12H16N2O5S. The Morgan fingerprint density at radius 3 is 2.95 bits per heavy atom. The van der Waals surface area contributed by atoms with E-state index in [0.29, 0.717) is 13.0 Å². The fourth-order valence-corrected chi connectivity index (χ4v) is 2.73. The van der Waals surface area contributed by atoms with Crippen molar-refractivity contribution < 1.29 is 24.5 Å². The highest BCUT2D eigenvalue weighted by atomic mass is 32.1. The number of amides is 2. The molecule has 2 unspecified atom stereocenters. The van der Waals surface area contributed by atoms with Gasteiger partial charge in [0.1, 0.15) is 10.6 Å². The van der Waals surface area contributed by atoms with Crippen LogP contribution < -0.4 is 10.6 Å². The smallest absolute Gasteiger partial charge is 0.338 e. The van der Waals surface area contributed by atoms with Crippen LogP contribution in [0.15, 0.2) is 11.4 Å². The highest BCUT2D eigenvalue weighted by molar-refractivity contribution is 7.14. The first-order chi connectivity index (χ1) is 9.42. The van der Waals surface area contributed by atoms with Gasteiger partial charge in [-0.1, -0.05) is 0 Å². The van der Waals surface area contributed by atoms with E-state index in [2.05, 4.69) is 10.6 Å². The van der Waals surface area contributed by atoms with Crippen LogP contribution in [0.4, 0.5) is 9.80 Å². The normalized spacial score (nSPS) is 25.4. The first kappa shape index (κ1) is 14.8. The van der Waals surface area contributed by atoms with Crippen LogP contribution in [0.5, 0.6) is 0 Å². The van der Waals surface area contributed by atoms with Crippen LogP contribution in [0, 0.1) is 0 Å². The lowest BCUT2D eigenvalue weighted by atomic mass is 9.97. The zero-order valence-corrected chi connectivity index (χ0v) is 11.7. The molecule has 1 aromatic heterocycles. The molecule has 0 radical (unpaired) electrons. The van der Waals surface area contributed by atoms with Gasteiger partial charge in [-0.15, -0.1) is 11.3 Å². The third-order valence-corrected chi connectivity index (χ3v) is 4.17. The van der Waals surface area contributed by atoms with Crippen LogP contribution in [-0.4, -0.2) is 47.1 Å². The number of anilines is 1. The van der Waals surface area contributed by atoms with Crippen LogP contribution in [0.2, 0.25) is 0 Å². The minimum Gasteiger partial charge on any atom is -0.478 e. The molecule has 2 amide bonds. The summed E-state index contributed by atoms with van der Waals surface area (Å²) in [4.78, 5) is 22.6. The molecular weight excluding hydrogens is 284 g/mol. The van der Waals surface area contributed by atoms with Gasteiger partial charge in [0.05, 0.1) is 18.2 Å². The van der Waals surface area contributed by atoms with Crippen molar-refractivity contribution in [1.29, 1.82) is 0 Å². The maximum Gasteiger partial charge on any atom is 0.338 e. The number of thiophene rings is 1. The molecule has 8 heteroatoms. The van der Waals surface area contributed by atoms with E-state index in [4.69, 9.17) is 9.84 Å². The van der Waals surface area contributed by atoms with Crippen molar-refractivity contribution in [3.8, 4) is 0 Å². The summed E-state index contributed by atoms with van der Waals surface area (Å²) in [5.74, 6) is -1.10. The SMILES string of the molecule is CC1OCCC1(O)CNC(=O)Nc1sccc1C(=O)O. The number of carboxylic acid groups (broad SMARTS) is 1. The quantitative estimate of drug-likeness (QED) is 0.666. The molecule has 110 valence electrons. The van der Waals surface area contributed by atoms with E-state index in [1.54, 1.807) is 12.3 Å². The number of nitrogens with one attached hydrogen (secondary N) is 2. The predicted molar refractivity (Wildman–Crippen MR) is 73.3 cm³/mol. The van der Waals surface area contributed by atoms with Crippen molar-refractivity contribution in [2.24, 2.45) is 0 Å². The van der Waals surface area contributed by atoms with Crippen molar-refractivity contribution in [2.45, 2.75) is 25.0 Å². The summed E-state index contributed by atoms with van der Waals surface area (Å²) in [5.41, 5.74) is -1.04. The van der Waals surface area contributed by atoms with Crippen molar-refractivity contribution in [3.63, 3.8) is 0 Å². The maximum absolute atomic E-state index is 11.7. The van der Waals surface area contributed by atoms with Gasteiger partial charge in [0, 0.05) is 13.0 Å². The number of carbonyl (C=O) groups excluding carboxylic acids is 1. The number of urea groups is 1. The van der Waals surface area contributed by atoms with E-state index in [-0.39, 0.29) is 23.2 Å². The van der Waals surface area contributed by atoms with E-state index >= 15 is 0 Å². The molecule has 7 nitrogen and oxygen atoms in total. The number of aromatic carboxylic acids is 1. The van der Waals surface area contributed by atoms with Crippen LogP contribution in [-0.2, 0) is 4.74 Å². The summed E-state index contributed by atoms with van der Waals surface area (Å²) in [6, 6.07) is 0.866. The number of carboxylic acids is 1. The summed E-state index contributed by atoms with van der Waals surface area (Å²) >= 11 is 1.12. The van der Waals surface area contributed by atoms with E-state index in [1.165, 1.54) is 6.07 Å². The van der Waals surface area contributed by atoms with Crippen molar-refractivity contribution >= 4 is 28.3 Å². The van der Waals surface area contributed by atoms with Crippen LogP contribution >= 0.6 is 11.3 Å². The Balaban J connectivity index is 1.90. The molecule has 20 heavy (non-hydrogen) atoms. The lowest BCUT2D eigenvalue weighted by molar-refractivity contribution is -0.0241. The Labute approximate surface area is 119 Å². The van der Waals surface area contributed by atoms with Crippen LogP contribution in [0.25, 0.3) is 0 Å². The summed E-state index contributed by atoms with van der Waals surface area (Å²) in [6.07, 6.45) is 0.104. The molecule has 0 spiro atoms. The third-order valence-electron chi connectivity index (χ3n) is 3.34. The van der Waals surface area contributed by atoms with E-state index in [1.807, 2.05) is 0 Å². The van der Waals surface area contributed by atoms with E-state index in [0.717, 1.165) is 11.3 Å². The highest BCUT2D eigenvalue weighted by Crippen LogP contribution is 2.25. The second-order valence-electron chi connectivity index (χ2n) is 4.64. The Bertz CT molecular complexity index is 518. The summed E-state index contributed by atoms with van der Waals surface area (Å²) in [6.45, 7) is 2.25. The molecule has 1 aromatic rings. The largest absolute Gasteiger partial charge is 0.478 e.